The highest BCUT2D eigenvalue weighted by molar-refractivity contribution is 6.22. The number of benzene rings is 2. The molecule has 1 N–H and O–H groups in total. The van der Waals surface area contributed by atoms with E-state index >= 15 is 0 Å². The smallest absolute Gasteiger partial charge is 0.262 e. The van der Waals surface area contributed by atoms with Gasteiger partial charge in [-0.05, 0) is 42.5 Å². The summed E-state index contributed by atoms with van der Waals surface area (Å²) >= 11 is 0. The molecule has 0 radical (unpaired) electrons. The van der Waals surface area contributed by atoms with Gasteiger partial charge in [0.2, 0.25) is 5.91 Å². The van der Waals surface area contributed by atoms with E-state index in [9.17, 15) is 18.8 Å². The van der Waals surface area contributed by atoms with Crippen LogP contribution >= 0.6 is 0 Å². The fraction of sp³-hybridized carbons (Fsp3) is 0.318. The van der Waals surface area contributed by atoms with Gasteiger partial charge < -0.3 is 5.32 Å². The number of carbonyl (C=O) groups is 3. The summed E-state index contributed by atoms with van der Waals surface area (Å²) in [5.41, 5.74) is 1.14. The fourth-order valence-electron chi connectivity index (χ4n) is 3.41. The Bertz CT molecular complexity index is 875. The van der Waals surface area contributed by atoms with E-state index in [1.54, 1.807) is 42.5 Å². The van der Waals surface area contributed by atoms with Crippen LogP contribution in [0.4, 0.5) is 4.39 Å². The summed E-state index contributed by atoms with van der Waals surface area (Å²) in [4.78, 5) is 39.4. The number of fused-ring (bicyclic) bond motifs is 1. The molecule has 6 heteroatoms. The molecule has 3 amide bonds. The maximum atomic E-state index is 13.7. The van der Waals surface area contributed by atoms with Crippen molar-refractivity contribution in [3.8, 4) is 0 Å². The SMILES string of the molecule is CC(C)CC(C(=O)NCCc1ccccc1F)N1C(=O)c2ccccc2C1=O. The Morgan fingerprint density at radius 1 is 1.00 bits per heavy atom. The zero-order valence-corrected chi connectivity index (χ0v) is 15.9. The van der Waals surface area contributed by atoms with Crippen LogP contribution in [-0.4, -0.2) is 35.2 Å². The molecule has 1 atom stereocenters. The average molecular weight is 382 g/mol. The lowest BCUT2D eigenvalue weighted by Crippen LogP contribution is -2.50. The molecule has 2 aromatic rings. The summed E-state index contributed by atoms with van der Waals surface area (Å²) in [6.45, 7) is 4.08. The van der Waals surface area contributed by atoms with Crippen LogP contribution in [0.1, 0.15) is 46.5 Å². The van der Waals surface area contributed by atoms with E-state index in [2.05, 4.69) is 5.32 Å². The van der Waals surface area contributed by atoms with E-state index in [0.29, 0.717) is 29.5 Å². The molecule has 146 valence electrons. The van der Waals surface area contributed by atoms with E-state index in [1.165, 1.54) is 6.07 Å². The number of imide groups is 1. The number of nitrogens with zero attached hydrogens (tertiary/aromatic N) is 1. The van der Waals surface area contributed by atoms with E-state index in [-0.39, 0.29) is 18.3 Å². The molecule has 0 saturated carbocycles. The number of hydrogen-bond acceptors (Lipinski definition) is 3. The first-order valence-electron chi connectivity index (χ1n) is 9.38. The van der Waals surface area contributed by atoms with Gasteiger partial charge in [-0.3, -0.25) is 19.3 Å². The summed E-state index contributed by atoms with van der Waals surface area (Å²) in [5.74, 6) is -1.52. The number of nitrogens with one attached hydrogen (secondary N) is 1. The molecule has 1 aliphatic rings. The molecule has 0 fully saturated rings. The van der Waals surface area contributed by atoms with Crippen molar-refractivity contribution in [2.24, 2.45) is 5.92 Å². The third-order valence-electron chi connectivity index (χ3n) is 4.79. The molecular weight excluding hydrogens is 359 g/mol. The van der Waals surface area contributed by atoms with Crippen molar-refractivity contribution in [1.29, 1.82) is 0 Å². The van der Waals surface area contributed by atoms with Gasteiger partial charge >= 0.3 is 0 Å². The predicted molar refractivity (Wildman–Crippen MR) is 103 cm³/mol. The van der Waals surface area contributed by atoms with Gasteiger partial charge in [0.25, 0.3) is 11.8 Å². The number of carbonyl (C=O) groups excluding carboxylic acids is 3. The molecule has 2 aromatic carbocycles. The van der Waals surface area contributed by atoms with Crippen molar-refractivity contribution in [3.05, 3.63) is 71.0 Å². The summed E-state index contributed by atoms with van der Waals surface area (Å²) < 4.78 is 13.7. The lowest BCUT2D eigenvalue weighted by molar-refractivity contribution is -0.125. The minimum absolute atomic E-state index is 0.103. The van der Waals surface area contributed by atoms with E-state index < -0.39 is 23.8 Å². The Hall–Kier alpha value is -3.02. The van der Waals surface area contributed by atoms with Gasteiger partial charge in [0, 0.05) is 6.54 Å². The van der Waals surface area contributed by atoms with Crippen LogP contribution in [-0.2, 0) is 11.2 Å². The lowest BCUT2D eigenvalue weighted by Gasteiger charge is -2.26. The molecule has 1 aliphatic heterocycles. The Morgan fingerprint density at radius 3 is 2.14 bits per heavy atom. The van der Waals surface area contributed by atoms with Crippen LogP contribution < -0.4 is 5.32 Å². The Morgan fingerprint density at radius 2 is 1.57 bits per heavy atom. The first-order chi connectivity index (χ1) is 13.4. The Kier molecular flexibility index (Phi) is 5.87. The second-order valence-electron chi connectivity index (χ2n) is 7.30. The Balaban J connectivity index is 1.73. The van der Waals surface area contributed by atoms with Crippen LogP contribution in [0.15, 0.2) is 48.5 Å². The molecule has 0 aromatic heterocycles. The first-order valence-corrected chi connectivity index (χ1v) is 9.38. The summed E-state index contributed by atoms with van der Waals surface area (Å²) in [5, 5.41) is 2.76. The second kappa shape index (κ2) is 8.33. The first kappa shape index (κ1) is 19.7. The fourth-order valence-corrected chi connectivity index (χ4v) is 3.41. The van der Waals surface area contributed by atoms with Crippen LogP contribution in [0.3, 0.4) is 0 Å². The number of hydrogen-bond donors (Lipinski definition) is 1. The maximum Gasteiger partial charge on any atom is 0.262 e. The largest absolute Gasteiger partial charge is 0.354 e. The molecule has 5 nitrogen and oxygen atoms in total. The number of rotatable bonds is 7. The van der Waals surface area contributed by atoms with Crippen molar-refractivity contribution >= 4 is 17.7 Å². The summed E-state index contributed by atoms with van der Waals surface area (Å²) in [6, 6.07) is 12.1. The molecular formula is C22H23FN2O3. The Labute approximate surface area is 163 Å². The van der Waals surface area contributed by atoms with Crippen molar-refractivity contribution in [2.45, 2.75) is 32.7 Å². The lowest BCUT2D eigenvalue weighted by atomic mass is 10.0. The van der Waals surface area contributed by atoms with Gasteiger partial charge in [-0.15, -0.1) is 0 Å². The highest BCUT2D eigenvalue weighted by Gasteiger charge is 2.42. The van der Waals surface area contributed by atoms with Gasteiger partial charge in [-0.2, -0.15) is 0 Å². The summed E-state index contributed by atoms with van der Waals surface area (Å²) in [6.07, 6.45) is 0.686. The average Bonchev–Trinajstić information content (AvgIpc) is 2.92. The van der Waals surface area contributed by atoms with Crippen molar-refractivity contribution in [3.63, 3.8) is 0 Å². The molecule has 0 spiro atoms. The van der Waals surface area contributed by atoms with E-state index in [4.69, 9.17) is 0 Å². The molecule has 1 heterocycles. The predicted octanol–water partition coefficient (Wildman–Crippen LogP) is 3.20. The minimum Gasteiger partial charge on any atom is -0.354 e. The highest BCUT2D eigenvalue weighted by atomic mass is 19.1. The molecule has 0 bridgehead atoms. The normalized spacial score (nSPS) is 14.4. The number of amides is 3. The standard InChI is InChI=1S/C22H23FN2O3/c1-14(2)13-19(20(26)24-12-11-15-7-3-6-10-18(15)23)25-21(27)16-8-4-5-9-17(16)22(25)28/h3-10,14,19H,11-13H2,1-2H3,(H,24,26). The molecule has 0 aliphatic carbocycles. The quantitative estimate of drug-likeness (QED) is 0.748. The van der Waals surface area contributed by atoms with Gasteiger partial charge in [0.15, 0.2) is 0 Å². The monoisotopic (exact) mass is 382 g/mol. The zero-order valence-electron chi connectivity index (χ0n) is 15.9. The van der Waals surface area contributed by atoms with E-state index in [0.717, 1.165) is 4.90 Å². The van der Waals surface area contributed by atoms with Gasteiger partial charge in [0.05, 0.1) is 11.1 Å². The summed E-state index contributed by atoms with van der Waals surface area (Å²) in [7, 11) is 0. The third-order valence-corrected chi connectivity index (χ3v) is 4.79. The van der Waals surface area contributed by atoms with E-state index in [1.807, 2.05) is 13.8 Å². The van der Waals surface area contributed by atoms with Crippen molar-refractivity contribution in [2.75, 3.05) is 6.54 Å². The van der Waals surface area contributed by atoms with Gasteiger partial charge in [-0.1, -0.05) is 44.2 Å². The maximum absolute atomic E-state index is 13.7. The minimum atomic E-state index is -0.895. The van der Waals surface area contributed by atoms with Crippen LogP contribution in [0.5, 0.6) is 0 Å². The van der Waals surface area contributed by atoms with Crippen molar-refractivity contribution < 1.29 is 18.8 Å². The number of halogens is 1. The van der Waals surface area contributed by atoms with Crippen molar-refractivity contribution in [1.82, 2.24) is 10.2 Å². The van der Waals surface area contributed by atoms with Crippen LogP contribution in [0, 0.1) is 11.7 Å². The highest BCUT2D eigenvalue weighted by Crippen LogP contribution is 2.27. The van der Waals surface area contributed by atoms with Gasteiger partial charge in [0.1, 0.15) is 11.9 Å². The van der Waals surface area contributed by atoms with Crippen LogP contribution in [0.25, 0.3) is 0 Å². The molecule has 3 rings (SSSR count). The third kappa shape index (κ3) is 3.96. The molecule has 1 unspecified atom stereocenters. The van der Waals surface area contributed by atoms with Gasteiger partial charge in [-0.25, -0.2) is 4.39 Å². The topological polar surface area (TPSA) is 66.5 Å². The second-order valence-corrected chi connectivity index (χ2v) is 7.30. The molecule has 28 heavy (non-hydrogen) atoms. The molecule has 0 saturated heterocycles. The van der Waals surface area contributed by atoms with Crippen LogP contribution in [0.2, 0.25) is 0 Å². The zero-order chi connectivity index (χ0) is 20.3.